The zero-order valence-electron chi connectivity index (χ0n) is 20.8. The fraction of sp³-hybridized carbons (Fsp3) is 0.462. The number of rotatable bonds is 13. The van der Waals surface area contributed by atoms with E-state index in [-0.39, 0.29) is 23.8 Å². The minimum atomic E-state index is -0.0190. The molecule has 0 aromatic heterocycles. The fourth-order valence-electron chi connectivity index (χ4n) is 3.67. The van der Waals surface area contributed by atoms with E-state index >= 15 is 0 Å². The van der Waals surface area contributed by atoms with Crippen LogP contribution in [0.5, 0.6) is 17.2 Å². The highest BCUT2D eigenvalue weighted by atomic mass is 16.5. The second-order valence-electron chi connectivity index (χ2n) is 8.53. The normalized spacial score (nSPS) is 11.6. The Hall–Kier alpha value is -3.42. The summed E-state index contributed by atoms with van der Waals surface area (Å²) in [4.78, 5) is 14.8. The molecule has 2 aromatic carbocycles. The molecule has 0 atom stereocenters. The van der Waals surface area contributed by atoms with E-state index in [1.807, 2.05) is 32.6 Å². The Kier molecular flexibility index (Phi) is 10.5. The van der Waals surface area contributed by atoms with Crippen LogP contribution in [0.2, 0.25) is 0 Å². The Labute approximate surface area is 202 Å². The van der Waals surface area contributed by atoms with Crippen LogP contribution >= 0.6 is 0 Å². The molecule has 8 nitrogen and oxygen atoms in total. The third kappa shape index (κ3) is 7.57. The first-order valence-corrected chi connectivity index (χ1v) is 11.6. The van der Waals surface area contributed by atoms with E-state index in [4.69, 9.17) is 25.2 Å². The molecular formula is C26H37N3O5. The highest BCUT2D eigenvalue weighted by Gasteiger charge is 2.22. The van der Waals surface area contributed by atoms with Crippen LogP contribution in [0, 0.1) is 0 Å². The van der Waals surface area contributed by atoms with Crippen molar-refractivity contribution in [2.45, 2.75) is 59.0 Å². The number of amides is 1. The van der Waals surface area contributed by atoms with Crippen LogP contribution in [-0.2, 0) is 0 Å². The summed E-state index contributed by atoms with van der Waals surface area (Å²) in [5.74, 6) is 1.96. The lowest BCUT2D eigenvalue weighted by molar-refractivity contribution is 0.0643. The zero-order chi connectivity index (χ0) is 25.1. The molecule has 0 saturated heterocycles. The molecule has 0 saturated carbocycles. The lowest BCUT2D eigenvalue weighted by atomic mass is 10.1. The largest absolute Gasteiger partial charge is 0.494 e. The predicted octanol–water partition coefficient (Wildman–Crippen LogP) is 4.68. The number of methoxy groups -OCH3 is 1. The summed E-state index contributed by atoms with van der Waals surface area (Å²) in [5, 5.41) is 11.7. The van der Waals surface area contributed by atoms with E-state index in [0.29, 0.717) is 35.8 Å². The number of hydrogen-bond acceptors (Lipinski definition) is 6. The molecule has 0 radical (unpaired) electrons. The second-order valence-corrected chi connectivity index (χ2v) is 8.53. The van der Waals surface area contributed by atoms with Crippen molar-refractivity contribution in [3.8, 4) is 17.2 Å². The van der Waals surface area contributed by atoms with Gasteiger partial charge in [0.1, 0.15) is 5.75 Å². The van der Waals surface area contributed by atoms with Crippen LogP contribution < -0.4 is 19.9 Å². The molecular weight excluding hydrogens is 434 g/mol. The molecule has 186 valence electrons. The Morgan fingerprint density at radius 1 is 0.912 bits per heavy atom. The van der Waals surface area contributed by atoms with Crippen LogP contribution in [0.3, 0.4) is 0 Å². The summed E-state index contributed by atoms with van der Waals surface area (Å²) < 4.78 is 17.1. The van der Waals surface area contributed by atoms with Gasteiger partial charge in [-0.1, -0.05) is 5.16 Å². The van der Waals surface area contributed by atoms with Gasteiger partial charge >= 0.3 is 0 Å². The smallest absolute Gasteiger partial charge is 0.254 e. The predicted molar refractivity (Wildman–Crippen MR) is 133 cm³/mol. The van der Waals surface area contributed by atoms with Gasteiger partial charge in [-0.05, 0) is 89.4 Å². The lowest BCUT2D eigenvalue weighted by Gasteiger charge is -2.31. The standard InChI is InChI=1S/C26H37N3O5/c1-18(2)29(19(3)4)26(30)21-11-14-23(24(17-21)32-5)34-16-8-6-7-15-33-22-12-9-20(10-13-22)25(27)28-31/h9-14,17-19,31H,6-8,15-16H2,1-5H3,(H2,27,28). The fourth-order valence-corrected chi connectivity index (χ4v) is 3.67. The molecule has 0 aliphatic carbocycles. The summed E-state index contributed by atoms with van der Waals surface area (Å²) >= 11 is 0. The molecule has 3 N–H and O–H groups in total. The molecule has 0 aliphatic rings. The number of unbranched alkanes of at least 4 members (excludes halogenated alkanes) is 2. The number of amidine groups is 1. The van der Waals surface area contributed by atoms with Gasteiger partial charge in [0.15, 0.2) is 17.3 Å². The van der Waals surface area contributed by atoms with Crippen molar-refractivity contribution in [1.82, 2.24) is 4.90 Å². The van der Waals surface area contributed by atoms with Crippen molar-refractivity contribution in [2.24, 2.45) is 10.9 Å². The quantitative estimate of drug-likeness (QED) is 0.144. The first-order chi connectivity index (χ1) is 16.3. The van der Waals surface area contributed by atoms with Crippen molar-refractivity contribution in [1.29, 1.82) is 0 Å². The molecule has 0 spiro atoms. The molecule has 8 heteroatoms. The number of carbonyl (C=O) groups is 1. The minimum absolute atomic E-state index is 0.0190. The minimum Gasteiger partial charge on any atom is -0.494 e. The third-order valence-corrected chi connectivity index (χ3v) is 5.33. The molecule has 0 fully saturated rings. The van der Waals surface area contributed by atoms with Gasteiger partial charge < -0.3 is 30.1 Å². The van der Waals surface area contributed by atoms with E-state index in [2.05, 4.69) is 5.16 Å². The van der Waals surface area contributed by atoms with Crippen molar-refractivity contribution < 1.29 is 24.2 Å². The van der Waals surface area contributed by atoms with Gasteiger partial charge in [-0.15, -0.1) is 0 Å². The van der Waals surface area contributed by atoms with E-state index in [1.54, 1.807) is 49.6 Å². The number of ether oxygens (including phenoxy) is 3. The molecule has 1 amide bonds. The van der Waals surface area contributed by atoms with Crippen molar-refractivity contribution in [3.63, 3.8) is 0 Å². The van der Waals surface area contributed by atoms with Gasteiger partial charge in [-0.2, -0.15) is 0 Å². The average molecular weight is 472 g/mol. The Morgan fingerprint density at radius 2 is 1.50 bits per heavy atom. The first-order valence-electron chi connectivity index (χ1n) is 11.6. The first kappa shape index (κ1) is 26.8. The molecule has 34 heavy (non-hydrogen) atoms. The Balaban J connectivity index is 1.77. The second kappa shape index (κ2) is 13.3. The number of hydrogen-bond donors (Lipinski definition) is 2. The Bertz CT molecular complexity index is 934. The highest BCUT2D eigenvalue weighted by molar-refractivity contribution is 5.97. The molecule has 0 aliphatic heterocycles. The van der Waals surface area contributed by atoms with Crippen LogP contribution in [0.15, 0.2) is 47.6 Å². The van der Waals surface area contributed by atoms with Crippen molar-refractivity contribution >= 4 is 11.7 Å². The van der Waals surface area contributed by atoms with Gasteiger partial charge in [-0.3, -0.25) is 4.79 Å². The number of carbonyl (C=O) groups excluding carboxylic acids is 1. The highest BCUT2D eigenvalue weighted by Crippen LogP contribution is 2.29. The Morgan fingerprint density at radius 3 is 2.06 bits per heavy atom. The summed E-state index contributed by atoms with van der Waals surface area (Å²) in [5.41, 5.74) is 6.77. The van der Waals surface area contributed by atoms with Gasteiger partial charge in [-0.25, -0.2) is 0 Å². The molecule has 2 rings (SSSR count). The maximum atomic E-state index is 12.9. The van der Waals surface area contributed by atoms with Gasteiger partial charge in [0.25, 0.3) is 5.91 Å². The molecule has 0 bridgehead atoms. The average Bonchev–Trinajstić information content (AvgIpc) is 2.82. The summed E-state index contributed by atoms with van der Waals surface area (Å²) in [6, 6.07) is 12.6. The monoisotopic (exact) mass is 471 g/mol. The number of oxime groups is 1. The van der Waals surface area contributed by atoms with E-state index in [0.717, 1.165) is 25.0 Å². The molecule has 2 aromatic rings. The SMILES string of the molecule is COc1cc(C(=O)N(C(C)C)C(C)C)ccc1OCCCCCOc1ccc(/C(N)=N\O)cc1. The third-order valence-electron chi connectivity index (χ3n) is 5.33. The summed E-state index contributed by atoms with van der Waals surface area (Å²) in [6.07, 6.45) is 2.69. The van der Waals surface area contributed by atoms with Gasteiger partial charge in [0, 0.05) is 23.2 Å². The molecule has 0 unspecified atom stereocenters. The number of nitrogens with zero attached hydrogens (tertiary/aromatic N) is 2. The van der Waals surface area contributed by atoms with E-state index < -0.39 is 0 Å². The number of benzene rings is 2. The van der Waals surface area contributed by atoms with E-state index in [1.165, 1.54) is 0 Å². The van der Waals surface area contributed by atoms with Gasteiger partial charge in [0.05, 0.1) is 20.3 Å². The van der Waals surface area contributed by atoms with Crippen molar-refractivity contribution in [3.05, 3.63) is 53.6 Å². The van der Waals surface area contributed by atoms with Crippen LogP contribution in [0.25, 0.3) is 0 Å². The summed E-state index contributed by atoms with van der Waals surface area (Å²) in [6.45, 7) is 9.18. The van der Waals surface area contributed by atoms with E-state index in [9.17, 15) is 4.79 Å². The zero-order valence-corrected chi connectivity index (χ0v) is 20.8. The maximum Gasteiger partial charge on any atom is 0.254 e. The van der Waals surface area contributed by atoms with Crippen LogP contribution in [0.1, 0.15) is 62.9 Å². The summed E-state index contributed by atoms with van der Waals surface area (Å²) in [7, 11) is 1.58. The van der Waals surface area contributed by atoms with Gasteiger partial charge in [0.2, 0.25) is 0 Å². The lowest BCUT2D eigenvalue weighted by Crippen LogP contribution is -2.42. The molecule has 0 heterocycles. The maximum absolute atomic E-state index is 12.9. The topological polar surface area (TPSA) is 107 Å². The van der Waals surface area contributed by atoms with Crippen LogP contribution in [-0.4, -0.2) is 54.3 Å². The number of nitrogens with two attached hydrogens (primary N) is 1. The van der Waals surface area contributed by atoms with Crippen molar-refractivity contribution in [2.75, 3.05) is 20.3 Å². The van der Waals surface area contributed by atoms with Crippen LogP contribution in [0.4, 0.5) is 0 Å².